The van der Waals surface area contributed by atoms with Crippen LogP contribution in [-0.4, -0.2) is 109 Å². The lowest BCUT2D eigenvalue weighted by Crippen LogP contribution is -2.49. The number of amides is 3. The Hall–Kier alpha value is -9.02. The molecule has 0 bridgehead atoms. The van der Waals surface area contributed by atoms with E-state index in [2.05, 4.69) is 59.9 Å². The molecule has 3 aromatic heterocycles. The molecule has 3 aromatic carbocycles. The Morgan fingerprint density at radius 2 is 0.877 bits per heavy atom. The summed E-state index contributed by atoms with van der Waals surface area (Å²) in [5.74, 6) is 3.56. The molecule has 15 rings (SSSR count). The number of rotatable bonds is 15. The van der Waals surface area contributed by atoms with Crippen LogP contribution in [0.3, 0.4) is 0 Å². The quantitative estimate of drug-likeness (QED) is 0.0552. The van der Waals surface area contributed by atoms with Crippen LogP contribution in [0.15, 0.2) is 146 Å². The molecule has 0 spiro atoms. The standard InChI is InChI=1S/C29H33FN2O3.C28H31FN2O4.C27H32FN3O4S/c1-2-35-29(34)32-24-9-10-26-20(14-24)12-21-15-25(33)16-28(21)27(26)11-8-23-7-6-19(17-31-23)18-4-3-5-22(30)13-18;1-2-34-28(33)31-22-9-10-23-19(13-22)14-26-25(15-27(32)35-26)24(23)11-8-21-7-6-18(16-30-21)17-4-3-5-20(29)12-17;1-2-35-27(32)31-22-9-10-23-19(13-22)14-26-25(16-30-36(26,33)34)24(23)11-8-21-7-6-18(15-29-21)17-4-3-5-20(28)12-17/h3-8,11,13,17,20-21,24,26-28H,2,9-10,12,14-16H2,1H3,(H,32,34);3-8,11-12,16,19,22-26H,2,9-10,13-15H2,1H3,(H,31,33);3-8,11-12,15,19,22-26,30H,2,9-10,13-14,16H2,1H3,(H,31,32)/b3*11-8+/t20-,21+,24-,26-,27+,28-;2*19-,22+,23+,24-,25-,26+/m100/s1. The summed E-state index contributed by atoms with van der Waals surface area (Å²) in [7, 11) is -3.34. The van der Waals surface area contributed by atoms with Gasteiger partial charge in [-0.1, -0.05) is 72.8 Å². The van der Waals surface area contributed by atoms with Gasteiger partial charge in [-0.05, 0) is 258 Å². The highest BCUT2D eigenvalue weighted by Crippen LogP contribution is 2.56. The number of ketones is 1. The first-order chi connectivity index (χ1) is 51.3. The van der Waals surface area contributed by atoms with Crippen LogP contribution in [0.5, 0.6) is 0 Å². The Morgan fingerprint density at radius 1 is 0.472 bits per heavy atom. The molecule has 9 aliphatic rings. The van der Waals surface area contributed by atoms with E-state index in [0.29, 0.717) is 105 Å². The van der Waals surface area contributed by atoms with Crippen LogP contribution in [0.1, 0.15) is 134 Å². The first kappa shape index (κ1) is 75.2. The molecule has 18 atom stereocenters. The third kappa shape index (κ3) is 18.3. The van der Waals surface area contributed by atoms with Crippen LogP contribution in [0, 0.1) is 94.4 Å². The number of carbonyl (C=O) groups excluding carboxylic acids is 5. The maximum Gasteiger partial charge on any atom is 0.407 e. The zero-order valence-electron chi connectivity index (χ0n) is 60.3. The molecule has 0 radical (unpaired) electrons. The van der Waals surface area contributed by atoms with E-state index in [1.54, 1.807) is 50.6 Å². The summed E-state index contributed by atoms with van der Waals surface area (Å²) >= 11 is 0. The van der Waals surface area contributed by atoms with Crippen LogP contribution in [0.25, 0.3) is 51.6 Å². The summed E-state index contributed by atoms with van der Waals surface area (Å²) in [5, 5.41) is 8.56. The van der Waals surface area contributed by atoms with E-state index in [0.717, 1.165) is 121 Å². The molecular weight excluding hydrogens is 1370 g/mol. The number of hydrogen-bond donors (Lipinski definition) is 4. The van der Waals surface area contributed by atoms with Crippen molar-refractivity contribution in [3.63, 3.8) is 0 Å². The van der Waals surface area contributed by atoms with Crippen LogP contribution >= 0.6 is 0 Å². The number of nitrogens with one attached hydrogen (secondary N) is 4. The number of hydrogen-bond acceptors (Lipinski definition) is 14. The van der Waals surface area contributed by atoms with Gasteiger partial charge in [0.05, 0.1) is 48.6 Å². The fraction of sp³-hybridized carbons (Fsp3) is 0.476. The van der Waals surface area contributed by atoms with E-state index in [9.17, 15) is 45.6 Å². The van der Waals surface area contributed by atoms with E-state index < -0.39 is 21.4 Å². The molecule has 18 nitrogen and oxygen atoms in total. The lowest BCUT2D eigenvalue weighted by Gasteiger charge is -2.48. The number of benzene rings is 3. The number of allylic oxidation sites excluding steroid dienone is 3. The molecular formula is C84H96F3N7O11S. The Kier molecular flexibility index (Phi) is 24.3. The first-order valence-corrected chi connectivity index (χ1v) is 39.6. The van der Waals surface area contributed by atoms with Crippen molar-refractivity contribution in [1.29, 1.82) is 0 Å². The average Bonchev–Trinajstić information content (AvgIpc) is 1.55. The molecule has 106 heavy (non-hydrogen) atoms. The van der Waals surface area contributed by atoms with Crippen molar-refractivity contribution >= 4 is 58.3 Å². The second-order valence-electron chi connectivity index (χ2n) is 30.2. The van der Waals surface area contributed by atoms with Gasteiger partial charge in [-0.25, -0.2) is 40.7 Å². The van der Waals surface area contributed by atoms with Gasteiger partial charge in [0.2, 0.25) is 10.0 Å². The number of sulfonamides is 1. The first-order valence-electron chi connectivity index (χ1n) is 38.0. The minimum absolute atomic E-state index is 0.000537. The summed E-state index contributed by atoms with van der Waals surface area (Å²) in [6.07, 6.45) is 29.4. The van der Waals surface area contributed by atoms with Crippen molar-refractivity contribution in [2.75, 3.05) is 26.4 Å². The molecule has 6 aromatic rings. The fourth-order valence-corrected chi connectivity index (χ4v) is 21.2. The number of alkyl carbamates (subject to hydrolysis) is 3. The van der Waals surface area contributed by atoms with Crippen LogP contribution in [0.2, 0.25) is 0 Å². The van der Waals surface area contributed by atoms with Gasteiger partial charge in [-0.15, -0.1) is 0 Å². The van der Waals surface area contributed by atoms with Crippen molar-refractivity contribution in [3.05, 3.63) is 181 Å². The van der Waals surface area contributed by atoms with E-state index in [1.807, 2.05) is 73.7 Å². The Labute approximate surface area is 619 Å². The molecule has 5 heterocycles. The average molecular weight is 1470 g/mol. The second kappa shape index (κ2) is 34.3. The Morgan fingerprint density at radius 3 is 1.28 bits per heavy atom. The van der Waals surface area contributed by atoms with Crippen LogP contribution in [0.4, 0.5) is 27.6 Å². The number of halogens is 3. The fourth-order valence-electron chi connectivity index (χ4n) is 19.3. The van der Waals surface area contributed by atoms with Gasteiger partial charge in [-0.2, -0.15) is 0 Å². The van der Waals surface area contributed by atoms with Gasteiger partial charge in [0.25, 0.3) is 0 Å². The highest BCUT2D eigenvalue weighted by molar-refractivity contribution is 7.90. The van der Waals surface area contributed by atoms with Crippen molar-refractivity contribution in [3.8, 4) is 33.4 Å². The molecule has 7 aliphatic carbocycles. The zero-order valence-corrected chi connectivity index (χ0v) is 61.1. The zero-order chi connectivity index (χ0) is 74.0. The third-order valence-electron chi connectivity index (χ3n) is 24.0. The Bertz CT molecular complexity index is 4120. The van der Waals surface area contributed by atoms with Gasteiger partial charge in [-0.3, -0.25) is 24.5 Å². The van der Waals surface area contributed by atoms with Gasteiger partial charge < -0.3 is 34.9 Å². The summed E-state index contributed by atoms with van der Waals surface area (Å²) in [4.78, 5) is 74.0. The SMILES string of the molecule is CCOC(=O)N[C@@H]1CC[C@@H]2[C@@H](C1)C[C@@H]1[C@@H](CNS1(=O)=O)[C@H]2/C=C/c1ccc(-c2cccc(F)c2)cn1.CCOC(=O)N[C@@H]1CC[C@@H]2[C@@H](C1)C[C@H]1CC(=O)C[C@H]1[C@H]2/C=C/c1ccc(-c2cccc(F)c2)cn1.CCOC(=O)N[C@@H]1CC[C@@H]2[C@@H](C1)C[C@H]1OC(=O)C[C@H]1[C@H]2/C=C/c1ccc(-c2cccc(F)c2)cn1. The molecule has 560 valence electrons. The number of fused-ring (bicyclic) bond motifs is 6. The number of ether oxygens (including phenoxy) is 4. The highest BCUT2D eigenvalue weighted by atomic mass is 32.2. The Balaban J connectivity index is 0.000000141. The number of Topliss-reactive ketones (excluding diaryl/α,β-unsaturated/α-hetero) is 1. The predicted octanol–water partition coefficient (Wildman–Crippen LogP) is 15.8. The smallest absolute Gasteiger partial charge is 0.407 e. The third-order valence-corrected chi connectivity index (χ3v) is 25.9. The van der Waals surface area contributed by atoms with Crippen molar-refractivity contribution in [2.45, 2.75) is 147 Å². The number of esters is 1. The molecule has 9 fully saturated rings. The van der Waals surface area contributed by atoms with E-state index >= 15 is 0 Å². The predicted molar refractivity (Wildman–Crippen MR) is 398 cm³/mol. The number of pyridine rings is 3. The lowest BCUT2D eigenvalue weighted by atomic mass is 9.58. The second-order valence-corrected chi connectivity index (χ2v) is 32.2. The summed E-state index contributed by atoms with van der Waals surface area (Å²) in [6, 6.07) is 31.3. The van der Waals surface area contributed by atoms with E-state index in [4.69, 9.17) is 18.9 Å². The minimum atomic E-state index is -3.34. The number of nitrogens with zero attached hydrogens (tertiary/aromatic N) is 3. The van der Waals surface area contributed by atoms with Gasteiger partial charge >= 0.3 is 24.2 Å². The largest absolute Gasteiger partial charge is 0.462 e. The normalized spacial score (nSPS) is 30.3. The summed E-state index contributed by atoms with van der Waals surface area (Å²) < 4.78 is 89.9. The topological polar surface area (TPSA) is 243 Å². The van der Waals surface area contributed by atoms with Gasteiger partial charge in [0.15, 0.2) is 0 Å². The maximum atomic E-state index is 13.6. The minimum Gasteiger partial charge on any atom is -0.462 e. The molecule has 3 amide bonds. The monoisotopic (exact) mass is 1470 g/mol. The highest BCUT2D eigenvalue weighted by Gasteiger charge is 2.55. The summed E-state index contributed by atoms with van der Waals surface area (Å²) in [6.45, 7) is 6.90. The van der Waals surface area contributed by atoms with Crippen molar-refractivity contribution in [2.24, 2.45) is 76.9 Å². The number of carbonyl (C=O) groups is 5. The van der Waals surface area contributed by atoms with E-state index in [-0.39, 0.29) is 89.4 Å². The lowest BCUT2D eigenvalue weighted by molar-refractivity contribution is -0.143. The van der Waals surface area contributed by atoms with Gasteiger partial charge in [0, 0.05) is 78.7 Å². The molecule has 22 heteroatoms. The molecule has 7 saturated carbocycles. The van der Waals surface area contributed by atoms with Crippen LogP contribution < -0.4 is 20.7 Å². The summed E-state index contributed by atoms with van der Waals surface area (Å²) in [5.41, 5.74) is 7.42. The van der Waals surface area contributed by atoms with Crippen molar-refractivity contribution in [1.82, 2.24) is 35.6 Å². The van der Waals surface area contributed by atoms with E-state index in [1.165, 1.54) is 36.4 Å². The molecule has 0 unspecified atom stereocenters. The molecule has 2 aliphatic heterocycles. The van der Waals surface area contributed by atoms with Crippen molar-refractivity contribution < 1.29 is 64.5 Å². The number of aromatic nitrogens is 3. The van der Waals surface area contributed by atoms with Gasteiger partial charge in [0.1, 0.15) is 29.3 Å². The van der Waals surface area contributed by atoms with Crippen LogP contribution in [-0.2, 0) is 38.6 Å². The maximum absolute atomic E-state index is 13.6. The molecule has 2 saturated heterocycles. The molecule has 4 N–H and O–H groups in total.